The van der Waals surface area contributed by atoms with E-state index < -0.39 is 0 Å². The Hall–Kier alpha value is -1.39. The number of nitrogens with one attached hydrogen (secondary N) is 2. The third-order valence-corrected chi connectivity index (χ3v) is 5.00. The average molecular weight is 302 g/mol. The van der Waals surface area contributed by atoms with Crippen LogP contribution >= 0.6 is 0 Å². The Morgan fingerprint density at radius 3 is 2.73 bits per heavy atom. The van der Waals surface area contributed by atoms with E-state index in [1.54, 1.807) is 0 Å². The molecular formula is C18H26N2O2. The molecule has 1 aromatic rings. The van der Waals surface area contributed by atoms with E-state index in [-0.39, 0.29) is 17.4 Å². The summed E-state index contributed by atoms with van der Waals surface area (Å²) in [6, 6.07) is 10.8. The molecule has 22 heavy (non-hydrogen) atoms. The van der Waals surface area contributed by atoms with Crippen molar-refractivity contribution in [3.63, 3.8) is 0 Å². The summed E-state index contributed by atoms with van der Waals surface area (Å²) in [6.07, 6.45) is 5.35. The van der Waals surface area contributed by atoms with Gasteiger partial charge in [-0.3, -0.25) is 4.79 Å². The molecule has 1 aliphatic heterocycles. The highest BCUT2D eigenvalue weighted by atomic mass is 16.5. The zero-order chi connectivity index (χ0) is 15.3. The number of carbonyl (C=O) groups is 1. The normalized spacial score (nSPS) is 24.1. The van der Waals surface area contributed by atoms with Crippen LogP contribution in [0.2, 0.25) is 0 Å². The maximum absolute atomic E-state index is 12.2. The van der Waals surface area contributed by atoms with E-state index in [4.69, 9.17) is 4.74 Å². The molecule has 0 bridgehead atoms. The Balaban J connectivity index is 1.57. The Bertz CT molecular complexity index is 477. The molecule has 0 spiro atoms. The van der Waals surface area contributed by atoms with Gasteiger partial charge >= 0.3 is 0 Å². The van der Waals surface area contributed by atoms with Crippen LogP contribution in [0.5, 0.6) is 0 Å². The van der Waals surface area contributed by atoms with Gasteiger partial charge in [0.05, 0.1) is 13.2 Å². The number of amides is 1. The van der Waals surface area contributed by atoms with Crippen LogP contribution in [0.3, 0.4) is 0 Å². The molecule has 4 nitrogen and oxygen atoms in total. The van der Waals surface area contributed by atoms with Crippen LogP contribution in [0.4, 0.5) is 0 Å². The molecule has 1 saturated heterocycles. The molecule has 1 heterocycles. The van der Waals surface area contributed by atoms with Crippen molar-refractivity contribution in [1.82, 2.24) is 10.6 Å². The van der Waals surface area contributed by atoms with Gasteiger partial charge in [0.1, 0.15) is 0 Å². The Kier molecular flexibility index (Phi) is 5.11. The largest absolute Gasteiger partial charge is 0.378 e. The SMILES string of the molecule is O=C(CC1COCCN1)NCC1(c2ccccc2)CCCC1. The first-order valence-corrected chi connectivity index (χ1v) is 8.42. The van der Waals surface area contributed by atoms with Gasteiger partial charge in [0.2, 0.25) is 5.91 Å². The van der Waals surface area contributed by atoms with Crippen LogP contribution in [0.15, 0.2) is 30.3 Å². The number of hydrogen-bond donors (Lipinski definition) is 2. The fourth-order valence-corrected chi connectivity index (χ4v) is 3.73. The number of carbonyl (C=O) groups excluding carboxylic acids is 1. The maximum Gasteiger partial charge on any atom is 0.221 e. The molecule has 2 fully saturated rings. The summed E-state index contributed by atoms with van der Waals surface area (Å²) in [7, 11) is 0. The lowest BCUT2D eigenvalue weighted by atomic mass is 9.79. The average Bonchev–Trinajstić information content (AvgIpc) is 3.05. The monoisotopic (exact) mass is 302 g/mol. The quantitative estimate of drug-likeness (QED) is 0.874. The predicted molar refractivity (Wildman–Crippen MR) is 86.8 cm³/mol. The molecule has 3 rings (SSSR count). The fraction of sp³-hybridized carbons (Fsp3) is 0.611. The van der Waals surface area contributed by atoms with E-state index in [2.05, 4.69) is 41.0 Å². The van der Waals surface area contributed by atoms with Gasteiger partial charge in [-0.1, -0.05) is 43.2 Å². The molecule has 1 amide bonds. The lowest BCUT2D eigenvalue weighted by Crippen LogP contribution is -2.46. The highest BCUT2D eigenvalue weighted by Gasteiger charge is 2.35. The molecule has 1 aromatic carbocycles. The topological polar surface area (TPSA) is 50.4 Å². The first-order valence-electron chi connectivity index (χ1n) is 8.42. The molecule has 2 aliphatic rings. The summed E-state index contributed by atoms with van der Waals surface area (Å²) in [5.41, 5.74) is 1.50. The molecule has 1 atom stereocenters. The second-order valence-electron chi connectivity index (χ2n) is 6.56. The summed E-state index contributed by atoms with van der Waals surface area (Å²) in [4.78, 5) is 12.2. The lowest BCUT2D eigenvalue weighted by molar-refractivity contribution is -0.122. The van der Waals surface area contributed by atoms with Crippen molar-refractivity contribution in [1.29, 1.82) is 0 Å². The minimum atomic E-state index is 0.130. The molecule has 0 aromatic heterocycles. The van der Waals surface area contributed by atoms with Crippen molar-refractivity contribution in [3.8, 4) is 0 Å². The third-order valence-electron chi connectivity index (χ3n) is 5.00. The minimum Gasteiger partial charge on any atom is -0.378 e. The molecule has 2 N–H and O–H groups in total. The number of hydrogen-bond acceptors (Lipinski definition) is 3. The molecular weight excluding hydrogens is 276 g/mol. The summed E-state index contributed by atoms with van der Waals surface area (Å²) in [5, 5.41) is 6.51. The smallest absolute Gasteiger partial charge is 0.221 e. The molecule has 4 heteroatoms. The van der Waals surface area contributed by atoms with Crippen LogP contribution in [-0.4, -0.2) is 38.3 Å². The Morgan fingerprint density at radius 2 is 2.05 bits per heavy atom. The van der Waals surface area contributed by atoms with E-state index in [1.165, 1.54) is 31.2 Å². The van der Waals surface area contributed by atoms with Gasteiger partial charge in [-0.05, 0) is 18.4 Å². The standard InChI is InChI=1S/C18H26N2O2/c21-17(12-16-13-22-11-10-19-16)20-14-18(8-4-5-9-18)15-6-2-1-3-7-15/h1-3,6-7,16,19H,4-5,8-14H2,(H,20,21). The van der Waals surface area contributed by atoms with Gasteiger partial charge in [-0.15, -0.1) is 0 Å². The second-order valence-corrected chi connectivity index (χ2v) is 6.56. The fourth-order valence-electron chi connectivity index (χ4n) is 3.73. The van der Waals surface area contributed by atoms with Gasteiger partial charge in [0.25, 0.3) is 0 Å². The minimum absolute atomic E-state index is 0.130. The molecule has 1 unspecified atom stereocenters. The van der Waals surface area contributed by atoms with Crippen LogP contribution in [0.25, 0.3) is 0 Å². The first kappa shape index (κ1) is 15.5. The van der Waals surface area contributed by atoms with Crippen molar-refractivity contribution >= 4 is 5.91 Å². The van der Waals surface area contributed by atoms with Crippen LogP contribution < -0.4 is 10.6 Å². The van der Waals surface area contributed by atoms with Gasteiger partial charge in [-0.25, -0.2) is 0 Å². The van der Waals surface area contributed by atoms with Crippen molar-refractivity contribution in [2.24, 2.45) is 0 Å². The van der Waals surface area contributed by atoms with Gasteiger partial charge in [0.15, 0.2) is 0 Å². The van der Waals surface area contributed by atoms with E-state index in [1.807, 2.05) is 0 Å². The maximum atomic E-state index is 12.2. The van der Waals surface area contributed by atoms with Crippen molar-refractivity contribution in [3.05, 3.63) is 35.9 Å². The van der Waals surface area contributed by atoms with Crippen LogP contribution in [0.1, 0.15) is 37.7 Å². The zero-order valence-corrected chi connectivity index (χ0v) is 13.1. The molecule has 1 saturated carbocycles. The zero-order valence-electron chi connectivity index (χ0n) is 13.1. The number of ether oxygens (including phenoxy) is 1. The van der Waals surface area contributed by atoms with E-state index in [0.717, 1.165) is 19.7 Å². The highest BCUT2D eigenvalue weighted by Crippen LogP contribution is 2.40. The third kappa shape index (κ3) is 3.68. The second kappa shape index (κ2) is 7.25. The summed E-state index contributed by atoms with van der Waals surface area (Å²) in [5.74, 6) is 0.130. The Labute approximate surface area is 132 Å². The summed E-state index contributed by atoms with van der Waals surface area (Å²) >= 11 is 0. The predicted octanol–water partition coefficient (Wildman–Crippen LogP) is 1.99. The number of morpholine rings is 1. The highest BCUT2D eigenvalue weighted by molar-refractivity contribution is 5.76. The molecule has 0 radical (unpaired) electrons. The first-order chi connectivity index (χ1) is 10.8. The Morgan fingerprint density at radius 1 is 1.27 bits per heavy atom. The van der Waals surface area contributed by atoms with Gasteiger partial charge in [-0.2, -0.15) is 0 Å². The van der Waals surface area contributed by atoms with Crippen LogP contribution in [0, 0.1) is 0 Å². The summed E-state index contributed by atoms with van der Waals surface area (Å²) < 4.78 is 5.41. The van der Waals surface area contributed by atoms with E-state index in [9.17, 15) is 4.79 Å². The number of rotatable bonds is 5. The van der Waals surface area contributed by atoms with Crippen LogP contribution in [-0.2, 0) is 14.9 Å². The van der Waals surface area contributed by atoms with Gasteiger partial charge in [0, 0.05) is 31.0 Å². The number of benzene rings is 1. The summed E-state index contributed by atoms with van der Waals surface area (Å²) in [6.45, 7) is 2.97. The lowest BCUT2D eigenvalue weighted by Gasteiger charge is -2.30. The molecule has 120 valence electrons. The molecule has 1 aliphatic carbocycles. The van der Waals surface area contributed by atoms with Crippen molar-refractivity contribution < 1.29 is 9.53 Å². The van der Waals surface area contributed by atoms with Crippen molar-refractivity contribution in [2.45, 2.75) is 43.6 Å². The van der Waals surface area contributed by atoms with E-state index in [0.29, 0.717) is 13.0 Å². The van der Waals surface area contributed by atoms with E-state index >= 15 is 0 Å². The van der Waals surface area contributed by atoms with Crippen molar-refractivity contribution in [2.75, 3.05) is 26.3 Å². The van der Waals surface area contributed by atoms with Gasteiger partial charge < -0.3 is 15.4 Å².